The lowest BCUT2D eigenvalue weighted by Gasteiger charge is -2.10. The lowest BCUT2D eigenvalue weighted by Crippen LogP contribution is -2.02. The zero-order chi connectivity index (χ0) is 22.5. The first-order valence-electron chi connectivity index (χ1n) is 9.90. The number of hydrogen-bond acceptors (Lipinski definition) is 7. The van der Waals surface area contributed by atoms with E-state index in [0.29, 0.717) is 30.1 Å². The molecular weight excluding hydrogens is 426 g/mol. The molecule has 0 unspecified atom stereocenters. The highest BCUT2D eigenvalue weighted by Crippen LogP contribution is 2.30. The maximum atomic E-state index is 11.8. The molecule has 0 aliphatic heterocycles. The summed E-state index contributed by atoms with van der Waals surface area (Å²) in [6, 6.07) is 13.1. The quantitative estimate of drug-likeness (QED) is 0.375. The second-order valence-corrected chi connectivity index (χ2v) is 9.71. The normalized spacial score (nSPS) is 12.1. The maximum Gasteiger partial charge on any atom is 0.175 e. The molecule has 0 saturated carbocycles. The molecule has 0 amide bonds. The molecule has 5 aromatic rings. The third kappa shape index (κ3) is 3.49. The summed E-state index contributed by atoms with van der Waals surface area (Å²) in [5.41, 5.74) is 17.8. The van der Waals surface area contributed by atoms with Gasteiger partial charge in [-0.3, -0.25) is 0 Å². The van der Waals surface area contributed by atoms with Gasteiger partial charge in [0.05, 0.1) is 23.3 Å². The van der Waals surface area contributed by atoms with Crippen LogP contribution in [0.25, 0.3) is 33.2 Å². The standard InChI is InChI=1S/C22H21N7O2S/c1-32(30,31)18-4-2-13(3-5-18)14-6-15-8-17(9-23)28-19(15)16(7-14)10-29-12-27-20-21(24)25-11-26-22(20)29/h2-8,11-12,28H,9-10,23H2,1H3,(H2,24,25,26). The lowest BCUT2D eigenvalue weighted by atomic mass is 10.0. The Hall–Kier alpha value is -3.76. The van der Waals surface area contributed by atoms with E-state index in [0.717, 1.165) is 33.3 Å². The number of benzene rings is 2. The van der Waals surface area contributed by atoms with Gasteiger partial charge < -0.3 is 21.0 Å². The summed E-state index contributed by atoms with van der Waals surface area (Å²) < 4.78 is 25.5. The van der Waals surface area contributed by atoms with E-state index in [1.807, 2.05) is 22.8 Å². The Bertz CT molecular complexity index is 1570. The monoisotopic (exact) mass is 447 g/mol. The van der Waals surface area contributed by atoms with Gasteiger partial charge in [0.2, 0.25) is 0 Å². The topological polar surface area (TPSA) is 146 Å². The number of nitrogen functional groups attached to an aromatic ring is 1. The summed E-state index contributed by atoms with van der Waals surface area (Å²) in [6.45, 7) is 0.896. The minimum absolute atomic E-state index is 0.289. The van der Waals surface area contributed by atoms with Crippen LogP contribution >= 0.6 is 0 Å². The Morgan fingerprint density at radius 1 is 1.03 bits per heavy atom. The van der Waals surface area contributed by atoms with Crippen LogP contribution in [0.5, 0.6) is 0 Å². The summed E-state index contributed by atoms with van der Waals surface area (Å²) in [6.07, 6.45) is 4.32. The number of aromatic nitrogens is 5. The first-order valence-corrected chi connectivity index (χ1v) is 11.8. The number of sulfone groups is 1. The fourth-order valence-corrected chi connectivity index (χ4v) is 4.50. The number of anilines is 1. The first kappa shape index (κ1) is 20.2. The van der Waals surface area contributed by atoms with Crippen LogP contribution in [0, 0.1) is 0 Å². The van der Waals surface area contributed by atoms with Gasteiger partial charge in [-0.2, -0.15) is 0 Å². The van der Waals surface area contributed by atoms with Crippen molar-refractivity contribution in [3.63, 3.8) is 0 Å². The fraction of sp³-hybridized carbons (Fsp3) is 0.136. The van der Waals surface area contributed by atoms with Gasteiger partial charge in [-0.25, -0.2) is 23.4 Å². The Morgan fingerprint density at radius 2 is 1.81 bits per heavy atom. The minimum atomic E-state index is -3.25. The molecule has 3 aromatic heterocycles. The van der Waals surface area contributed by atoms with Gasteiger partial charge in [-0.15, -0.1) is 0 Å². The lowest BCUT2D eigenvalue weighted by molar-refractivity contribution is 0.602. The Kier molecular flexibility index (Phi) is 4.68. The van der Waals surface area contributed by atoms with Crippen molar-refractivity contribution in [3.8, 4) is 11.1 Å². The molecule has 0 aliphatic carbocycles. The maximum absolute atomic E-state index is 11.8. The molecule has 0 saturated heterocycles. The van der Waals surface area contributed by atoms with Gasteiger partial charge in [-0.1, -0.05) is 12.1 Å². The number of rotatable bonds is 5. The molecule has 5 N–H and O–H groups in total. The summed E-state index contributed by atoms with van der Waals surface area (Å²) in [5, 5.41) is 1.02. The van der Waals surface area contributed by atoms with Gasteiger partial charge >= 0.3 is 0 Å². The molecule has 0 aliphatic rings. The zero-order valence-electron chi connectivity index (χ0n) is 17.3. The van der Waals surface area contributed by atoms with Gasteiger partial charge in [-0.05, 0) is 47.0 Å². The number of aromatic amines is 1. The average Bonchev–Trinajstić information content (AvgIpc) is 3.38. The van der Waals surface area contributed by atoms with E-state index < -0.39 is 9.84 Å². The zero-order valence-corrected chi connectivity index (χ0v) is 18.1. The Morgan fingerprint density at radius 3 is 2.53 bits per heavy atom. The molecule has 9 nitrogen and oxygen atoms in total. The van der Waals surface area contributed by atoms with Crippen molar-refractivity contribution < 1.29 is 8.42 Å². The van der Waals surface area contributed by atoms with Crippen molar-refractivity contribution in [2.45, 2.75) is 18.0 Å². The van der Waals surface area contributed by atoms with Crippen LogP contribution in [0.3, 0.4) is 0 Å². The average molecular weight is 448 g/mol. The molecule has 0 bridgehead atoms. The van der Waals surface area contributed by atoms with Crippen molar-refractivity contribution in [3.05, 3.63) is 66.4 Å². The van der Waals surface area contributed by atoms with Crippen molar-refractivity contribution in [1.29, 1.82) is 0 Å². The van der Waals surface area contributed by atoms with E-state index >= 15 is 0 Å². The molecule has 2 aromatic carbocycles. The number of imidazole rings is 1. The Labute approximate surface area is 184 Å². The van der Waals surface area contributed by atoms with E-state index in [-0.39, 0.29) is 4.90 Å². The van der Waals surface area contributed by atoms with E-state index in [1.54, 1.807) is 18.5 Å². The molecule has 0 fully saturated rings. The number of nitrogens with zero attached hydrogens (tertiary/aromatic N) is 4. The van der Waals surface area contributed by atoms with Crippen LogP contribution in [-0.4, -0.2) is 39.2 Å². The van der Waals surface area contributed by atoms with E-state index in [1.165, 1.54) is 12.6 Å². The van der Waals surface area contributed by atoms with Gasteiger partial charge in [0, 0.05) is 23.9 Å². The number of hydrogen-bond donors (Lipinski definition) is 3. The van der Waals surface area contributed by atoms with Crippen LogP contribution in [0.2, 0.25) is 0 Å². The van der Waals surface area contributed by atoms with Crippen molar-refractivity contribution >= 4 is 37.7 Å². The van der Waals surface area contributed by atoms with Crippen LogP contribution in [0.15, 0.2) is 60.0 Å². The van der Waals surface area contributed by atoms with Crippen LogP contribution < -0.4 is 11.5 Å². The first-order chi connectivity index (χ1) is 15.3. The van der Waals surface area contributed by atoms with E-state index in [4.69, 9.17) is 11.5 Å². The predicted octanol–water partition coefficient (Wildman–Crippen LogP) is 2.47. The smallest absolute Gasteiger partial charge is 0.175 e. The van der Waals surface area contributed by atoms with Gasteiger partial charge in [0.15, 0.2) is 21.3 Å². The molecule has 32 heavy (non-hydrogen) atoms. The largest absolute Gasteiger partial charge is 0.382 e. The number of H-pyrrole nitrogens is 1. The highest BCUT2D eigenvalue weighted by molar-refractivity contribution is 7.90. The van der Waals surface area contributed by atoms with Gasteiger partial charge in [0.1, 0.15) is 11.8 Å². The number of nitrogens with two attached hydrogens (primary N) is 2. The summed E-state index contributed by atoms with van der Waals surface area (Å²) in [5.74, 6) is 0.337. The summed E-state index contributed by atoms with van der Waals surface area (Å²) >= 11 is 0. The highest BCUT2D eigenvalue weighted by atomic mass is 32.2. The molecule has 162 valence electrons. The van der Waals surface area contributed by atoms with Crippen molar-refractivity contribution in [2.75, 3.05) is 12.0 Å². The molecule has 0 atom stereocenters. The molecule has 3 heterocycles. The molecular formula is C22H21N7O2S. The molecule has 10 heteroatoms. The van der Waals surface area contributed by atoms with E-state index in [2.05, 4.69) is 32.1 Å². The molecule has 0 spiro atoms. The number of nitrogens with one attached hydrogen (secondary N) is 1. The Balaban J connectivity index is 1.64. The fourth-order valence-electron chi connectivity index (χ4n) is 3.87. The molecule has 5 rings (SSSR count). The second-order valence-electron chi connectivity index (χ2n) is 7.70. The van der Waals surface area contributed by atoms with Gasteiger partial charge in [0.25, 0.3) is 0 Å². The predicted molar refractivity (Wildman–Crippen MR) is 124 cm³/mol. The minimum Gasteiger partial charge on any atom is -0.382 e. The number of fused-ring (bicyclic) bond motifs is 2. The van der Waals surface area contributed by atoms with Crippen LogP contribution in [-0.2, 0) is 22.9 Å². The summed E-state index contributed by atoms with van der Waals surface area (Å²) in [4.78, 5) is 16.4. The third-order valence-electron chi connectivity index (χ3n) is 5.47. The third-order valence-corrected chi connectivity index (χ3v) is 6.60. The summed E-state index contributed by atoms with van der Waals surface area (Å²) in [7, 11) is -3.25. The van der Waals surface area contributed by atoms with E-state index in [9.17, 15) is 8.42 Å². The second kappa shape index (κ2) is 7.43. The molecule has 0 radical (unpaired) electrons. The van der Waals surface area contributed by atoms with Crippen LogP contribution in [0.4, 0.5) is 5.82 Å². The SMILES string of the molecule is CS(=O)(=O)c1ccc(-c2cc(Cn3cnc4c(N)ncnc43)c3[nH]c(CN)cc3c2)cc1. The van der Waals surface area contributed by atoms with Crippen LogP contribution in [0.1, 0.15) is 11.3 Å². The highest BCUT2D eigenvalue weighted by Gasteiger charge is 2.14. The van der Waals surface area contributed by atoms with Crippen molar-refractivity contribution in [1.82, 2.24) is 24.5 Å². The van der Waals surface area contributed by atoms with Crippen molar-refractivity contribution in [2.24, 2.45) is 5.73 Å².